The lowest BCUT2D eigenvalue weighted by molar-refractivity contribution is -0.137. The van der Waals surface area contributed by atoms with Gasteiger partial charge in [-0.15, -0.1) is 0 Å². The molecule has 0 saturated carbocycles. The van der Waals surface area contributed by atoms with Crippen LogP contribution in [0.3, 0.4) is 0 Å². The SMILES string of the molecule is CC(C)C[C@H](NC(=O)[C@H](CCCN=C(N)N)NC(=O)[C@@H](C)NC(=O)[C@@H](NC(=O)[C@H](Cc1ccccc1)NC(=O)[C@H](CO)NC(=O)[C@@H](N)[C@@H](C)O)[C@@H](C)O)C(N)=O. The minimum absolute atomic E-state index is 0.00354. The van der Waals surface area contributed by atoms with E-state index in [1.165, 1.54) is 20.8 Å². The lowest BCUT2D eigenvalue weighted by Crippen LogP contribution is -2.62. The topological polar surface area (TPSA) is 369 Å². The molecule has 0 aliphatic rings. The molecule has 0 spiro atoms. The summed E-state index contributed by atoms with van der Waals surface area (Å²) in [5.74, 6) is -6.41. The van der Waals surface area contributed by atoms with Crippen molar-refractivity contribution in [1.82, 2.24) is 31.9 Å². The lowest BCUT2D eigenvalue weighted by atomic mass is 10.0. The highest BCUT2D eigenvalue weighted by Gasteiger charge is 2.34. The predicted octanol–water partition coefficient (Wildman–Crippen LogP) is -5.18. The van der Waals surface area contributed by atoms with Crippen LogP contribution in [0.2, 0.25) is 0 Å². The number of aliphatic hydroxyl groups excluding tert-OH is 3. The van der Waals surface area contributed by atoms with Gasteiger partial charge in [0.1, 0.15) is 42.3 Å². The Morgan fingerprint density at radius 3 is 1.71 bits per heavy atom. The van der Waals surface area contributed by atoms with E-state index < -0.39 is 102 Å². The van der Waals surface area contributed by atoms with Gasteiger partial charge in [0, 0.05) is 13.0 Å². The first-order chi connectivity index (χ1) is 26.2. The van der Waals surface area contributed by atoms with Crippen LogP contribution in [0.15, 0.2) is 35.3 Å². The first kappa shape index (κ1) is 48.6. The Kier molecular flexibility index (Phi) is 21.0. The third kappa shape index (κ3) is 17.4. The molecule has 21 heteroatoms. The molecule has 0 aliphatic heterocycles. The van der Waals surface area contributed by atoms with Crippen LogP contribution in [0.25, 0.3) is 0 Å². The van der Waals surface area contributed by atoms with E-state index in [1.807, 2.05) is 13.8 Å². The Morgan fingerprint density at radius 2 is 1.20 bits per heavy atom. The number of guanidine groups is 1. The first-order valence-corrected chi connectivity index (χ1v) is 18.1. The molecule has 0 radical (unpaired) electrons. The van der Waals surface area contributed by atoms with Crippen molar-refractivity contribution >= 4 is 47.3 Å². The average Bonchev–Trinajstić information content (AvgIpc) is 3.12. The van der Waals surface area contributed by atoms with Crippen LogP contribution < -0.4 is 54.8 Å². The van der Waals surface area contributed by atoms with Crippen molar-refractivity contribution in [3.05, 3.63) is 35.9 Å². The summed E-state index contributed by atoms with van der Waals surface area (Å²) in [5, 5.41) is 44.4. The van der Waals surface area contributed by atoms with Crippen LogP contribution in [0, 0.1) is 5.92 Å². The van der Waals surface area contributed by atoms with Crippen LogP contribution in [-0.2, 0) is 40.0 Å². The fourth-order valence-electron chi connectivity index (χ4n) is 5.10. The molecule has 1 rings (SSSR count). The summed E-state index contributed by atoms with van der Waals surface area (Å²) in [6.07, 6.45) is -2.44. The fourth-order valence-corrected chi connectivity index (χ4v) is 5.10. The van der Waals surface area contributed by atoms with Crippen molar-refractivity contribution in [1.29, 1.82) is 0 Å². The van der Waals surface area contributed by atoms with Crippen molar-refractivity contribution in [2.45, 2.75) is 115 Å². The highest BCUT2D eigenvalue weighted by Crippen LogP contribution is 2.08. The average molecular weight is 794 g/mol. The number of primary amides is 1. The molecule has 1 aromatic carbocycles. The van der Waals surface area contributed by atoms with Crippen LogP contribution in [0.4, 0.5) is 0 Å². The smallest absolute Gasteiger partial charge is 0.245 e. The monoisotopic (exact) mass is 793 g/mol. The summed E-state index contributed by atoms with van der Waals surface area (Å²) in [6, 6.07) is -1.27. The molecule has 21 nitrogen and oxygen atoms in total. The molecule has 0 saturated heterocycles. The molecule has 0 heterocycles. The third-order valence-electron chi connectivity index (χ3n) is 8.31. The highest BCUT2D eigenvalue weighted by molar-refractivity contribution is 5.97. The summed E-state index contributed by atoms with van der Waals surface area (Å²) in [7, 11) is 0. The summed E-state index contributed by atoms with van der Waals surface area (Å²) in [5.41, 5.74) is 22.4. The summed E-state index contributed by atoms with van der Waals surface area (Å²) < 4.78 is 0. The minimum atomic E-state index is -1.67. The molecule has 9 atom stereocenters. The molecule has 314 valence electrons. The van der Waals surface area contributed by atoms with Gasteiger partial charge >= 0.3 is 0 Å². The van der Waals surface area contributed by atoms with Crippen molar-refractivity contribution in [3.8, 4) is 0 Å². The zero-order valence-electron chi connectivity index (χ0n) is 32.4. The summed E-state index contributed by atoms with van der Waals surface area (Å²) in [4.78, 5) is 95.0. The largest absolute Gasteiger partial charge is 0.394 e. The fraction of sp³-hybridized carbons (Fsp3) is 0.600. The van der Waals surface area contributed by atoms with E-state index >= 15 is 0 Å². The molecule has 0 unspecified atom stereocenters. The van der Waals surface area contributed by atoms with Crippen LogP contribution in [-0.4, -0.2) is 130 Å². The van der Waals surface area contributed by atoms with E-state index in [9.17, 15) is 48.9 Å². The van der Waals surface area contributed by atoms with Crippen LogP contribution in [0.5, 0.6) is 0 Å². The van der Waals surface area contributed by atoms with E-state index in [2.05, 4.69) is 36.9 Å². The number of hydrogen-bond acceptors (Lipinski definition) is 12. The van der Waals surface area contributed by atoms with Gasteiger partial charge < -0.3 is 70.2 Å². The Hall–Kier alpha value is -5.38. The molecule has 56 heavy (non-hydrogen) atoms. The van der Waals surface area contributed by atoms with Gasteiger partial charge in [0.15, 0.2) is 5.96 Å². The number of nitrogens with two attached hydrogens (primary N) is 4. The molecular formula is C35H59N11O10. The molecule has 0 aromatic heterocycles. The zero-order valence-corrected chi connectivity index (χ0v) is 32.4. The van der Waals surface area contributed by atoms with Gasteiger partial charge in [0.05, 0.1) is 18.8 Å². The van der Waals surface area contributed by atoms with Crippen LogP contribution in [0.1, 0.15) is 59.4 Å². The Labute approximate surface area is 325 Å². The van der Waals surface area contributed by atoms with E-state index in [0.29, 0.717) is 5.56 Å². The first-order valence-electron chi connectivity index (χ1n) is 18.1. The van der Waals surface area contributed by atoms with Gasteiger partial charge in [-0.25, -0.2) is 0 Å². The standard InChI is InChI=1S/C35H59N11O10/c1-17(2)14-23(28(37)50)43-30(52)22(12-9-13-40-35(38)39)42-29(51)18(3)41-34(56)27(20(5)49)46-31(53)24(15-21-10-7-6-8-11-21)44-32(54)25(16-47)45-33(55)26(36)19(4)48/h6-8,10-11,17-20,22-27,47-49H,9,12-16,36H2,1-5H3,(H2,37,50)(H,41,56)(H,42,51)(H,43,52)(H,44,54)(H,45,55)(H,46,53)(H4,38,39,40)/t18-,19-,20-,22+,23+,24+,25+,26+,27+/m1/s1. The maximum atomic E-state index is 13.6. The molecule has 17 N–H and O–H groups in total. The molecule has 0 bridgehead atoms. The van der Waals surface area contributed by atoms with E-state index in [-0.39, 0.29) is 44.1 Å². The normalized spacial score (nSPS) is 15.9. The number of hydrogen-bond donors (Lipinski definition) is 13. The van der Waals surface area contributed by atoms with Gasteiger partial charge in [-0.05, 0) is 51.5 Å². The quantitative estimate of drug-likeness (QED) is 0.0265. The summed E-state index contributed by atoms with van der Waals surface area (Å²) >= 11 is 0. The Morgan fingerprint density at radius 1 is 0.661 bits per heavy atom. The van der Waals surface area contributed by atoms with E-state index in [4.69, 9.17) is 22.9 Å². The second-order valence-corrected chi connectivity index (χ2v) is 13.8. The second kappa shape index (κ2) is 24.2. The molecule has 0 fully saturated rings. The van der Waals surface area contributed by atoms with Crippen molar-refractivity contribution in [2.24, 2.45) is 33.8 Å². The Balaban J connectivity index is 3.19. The summed E-state index contributed by atoms with van der Waals surface area (Å²) in [6.45, 7) is 6.63. The minimum Gasteiger partial charge on any atom is -0.394 e. The van der Waals surface area contributed by atoms with Gasteiger partial charge in [-0.2, -0.15) is 0 Å². The van der Waals surface area contributed by atoms with E-state index in [0.717, 1.165) is 0 Å². The molecular weight excluding hydrogens is 734 g/mol. The number of aliphatic hydroxyl groups is 3. The number of carbonyl (C=O) groups excluding carboxylic acids is 7. The Bertz CT molecular complexity index is 1510. The van der Waals surface area contributed by atoms with Gasteiger partial charge in [-0.1, -0.05) is 44.2 Å². The maximum absolute atomic E-state index is 13.6. The molecule has 7 amide bonds. The highest BCUT2D eigenvalue weighted by atomic mass is 16.3. The maximum Gasteiger partial charge on any atom is 0.245 e. The lowest BCUT2D eigenvalue weighted by Gasteiger charge is -2.28. The number of rotatable bonds is 24. The second-order valence-electron chi connectivity index (χ2n) is 13.8. The molecule has 1 aromatic rings. The van der Waals surface area contributed by atoms with Crippen LogP contribution >= 0.6 is 0 Å². The zero-order chi connectivity index (χ0) is 42.7. The van der Waals surface area contributed by atoms with Gasteiger partial charge in [0.2, 0.25) is 41.4 Å². The number of nitrogens with zero attached hydrogens (tertiary/aromatic N) is 1. The number of nitrogens with one attached hydrogen (secondary N) is 6. The number of benzene rings is 1. The number of carbonyl (C=O) groups is 7. The van der Waals surface area contributed by atoms with Gasteiger partial charge in [0.25, 0.3) is 0 Å². The third-order valence-corrected chi connectivity index (χ3v) is 8.31. The van der Waals surface area contributed by atoms with Crippen molar-refractivity contribution in [2.75, 3.05) is 13.2 Å². The predicted molar refractivity (Wildman–Crippen MR) is 204 cm³/mol. The van der Waals surface area contributed by atoms with Crippen molar-refractivity contribution < 1.29 is 48.9 Å². The molecule has 0 aliphatic carbocycles. The van der Waals surface area contributed by atoms with Crippen molar-refractivity contribution in [3.63, 3.8) is 0 Å². The van der Waals surface area contributed by atoms with E-state index in [1.54, 1.807) is 30.3 Å². The number of aliphatic imine (C=N–C) groups is 1. The number of amides is 7. The van der Waals surface area contributed by atoms with Gasteiger partial charge in [-0.3, -0.25) is 38.6 Å².